The van der Waals surface area contributed by atoms with Crippen LogP contribution in [-0.4, -0.2) is 24.7 Å². The van der Waals surface area contributed by atoms with Crippen molar-refractivity contribution in [3.05, 3.63) is 108 Å². The maximum atomic E-state index is 13.6. The summed E-state index contributed by atoms with van der Waals surface area (Å²) in [5, 5.41) is 5.03. The number of amides is 1. The van der Waals surface area contributed by atoms with E-state index in [1.165, 1.54) is 4.31 Å². The normalized spacial score (nSPS) is 16.3. The first-order chi connectivity index (χ1) is 15.9. The molecule has 0 unspecified atom stereocenters. The summed E-state index contributed by atoms with van der Waals surface area (Å²) in [6.07, 6.45) is 0.320. The molecule has 166 valence electrons. The Hall–Kier alpha value is -3.48. The van der Waals surface area contributed by atoms with Crippen molar-refractivity contribution < 1.29 is 13.2 Å². The van der Waals surface area contributed by atoms with Crippen LogP contribution in [0.2, 0.25) is 0 Å². The molecule has 1 aliphatic heterocycles. The maximum Gasteiger partial charge on any atom is 0.244 e. The van der Waals surface area contributed by atoms with Crippen LogP contribution in [0.5, 0.6) is 0 Å². The van der Waals surface area contributed by atoms with Gasteiger partial charge in [-0.15, -0.1) is 0 Å². The molecule has 0 spiro atoms. The summed E-state index contributed by atoms with van der Waals surface area (Å²) in [6, 6.07) is 27.2. The first kappa shape index (κ1) is 21.4. The van der Waals surface area contributed by atoms with Gasteiger partial charge in [0.15, 0.2) is 0 Å². The van der Waals surface area contributed by atoms with Gasteiger partial charge in [-0.1, -0.05) is 72.3 Å². The standard InChI is InChI=1S/C27H24N2O3S/c1-19-10-14-25(15-11-19)33(31,32)29-18-23-9-5-4-8-22(23)17-26(29)27(30)28-24-13-12-20-6-2-3-7-21(20)16-24/h2-16,26H,17-18H2,1H3,(H,28,30)/t26-/m1/s1. The molecule has 5 rings (SSSR count). The Bertz CT molecular complexity index is 1450. The summed E-state index contributed by atoms with van der Waals surface area (Å²) in [7, 11) is -3.87. The quantitative estimate of drug-likeness (QED) is 0.475. The highest BCUT2D eigenvalue weighted by molar-refractivity contribution is 7.89. The third kappa shape index (κ3) is 4.15. The highest BCUT2D eigenvalue weighted by Gasteiger charge is 2.39. The maximum absolute atomic E-state index is 13.6. The number of carbonyl (C=O) groups excluding carboxylic acids is 1. The van der Waals surface area contributed by atoms with Gasteiger partial charge in [-0.25, -0.2) is 8.42 Å². The lowest BCUT2D eigenvalue weighted by Gasteiger charge is -2.35. The Morgan fingerprint density at radius 3 is 2.27 bits per heavy atom. The van der Waals surface area contributed by atoms with E-state index in [2.05, 4.69) is 5.32 Å². The molecule has 0 aromatic heterocycles. The molecule has 5 nitrogen and oxygen atoms in total. The van der Waals surface area contributed by atoms with Gasteiger partial charge >= 0.3 is 0 Å². The van der Waals surface area contributed by atoms with E-state index in [4.69, 9.17) is 0 Å². The molecule has 4 aromatic rings. The number of benzene rings is 4. The van der Waals surface area contributed by atoms with E-state index in [0.717, 1.165) is 27.5 Å². The van der Waals surface area contributed by atoms with Crippen LogP contribution in [0.15, 0.2) is 95.9 Å². The van der Waals surface area contributed by atoms with E-state index < -0.39 is 16.1 Å². The van der Waals surface area contributed by atoms with E-state index in [9.17, 15) is 13.2 Å². The van der Waals surface area contributed by atoms with Crippen LogP contribution in [0.25, 0.3) is 10.8 Å². The fourth-order valence-electron chi connectivity index (χ4n) is 4.31. The molecule has 0 fully saturated rings. The number of aryl methyl sites for hydroxylation is 1. The number of sulfonamides is 1. The van der Waals surface area contributed by atoms with E-state index in [1.54, 1.807) is 24.3 Å². The first-order valence-electron chi connectivity index (χ1n) is 10.9. The molecular formula is C27H24N2O3S. The molecule has 0 bridgehead atoms. The molecule has 0 saturated carbocycles. The van der Waals surface area contributed by atoms with Crippen molar-refractivity contribution in [3.63, 3.8) is 0 Å². The highest BCUT2D eigenvalue weighted by atomic mass is 32.2. The minimum Gasteiger partial charge on any atom is -0.325 e. The van der Waals surface area contributed by atoms with Gasteiger partial charge in [0, 0.05) is 12.2 Å². The lowest BCUT2D eigenvalue weighted by molar-refractivity contribution is -0.120. The third-order valence-corrected chi connectivity index (χ3v) is 8.02. The Morgan fingerprint density at radius 2 is 1.52 bits per heavy atom. The molecule has 1 atom stereocenters. The van der Waals surface area contributed by atoms with Crippen molar-refractivity contribution in [3.8, 4) is 0 Å². The molecule has 0 radical (unpaired) electrons. The molecule has 4 aromatic carbocycles. The van der Waals surface area contributed by atoms with Crippen LogP contribution >= 0.6 is 0 Å². The van der Waals surface area contributed by atoms with E-state index in [-0.39, 0.29) is 17.3 Å². The van der Waals surface area contributed by atoms with E-state index >= 15 is 0 Å². The molecule has 0 saturated heterocycles. The second-order valence-electron chi connectivity index (χ2n) is 8.40. The topological polar surface area (TPSA) is 66.5 Å². The predicted octanol–water partition coefficient (Wildman–Crippen LogP) is 4.90. The zero-order valence-corrected chi connectivity index (χ0v) is 19.0. The predicted molar refractivity (Wildman–Crippen MR) is 130 cm³/mol. The highest BCUT2D eigenvalue weighted by Crippen LogP contribution is 2.30. The van der Waals surface area contributed by atoms with Crippen LogP contribution < -0.4 is 5.32 Å². The van der Waals surface area contributed by atoms with Crippen LogP contribution in [0.3, 0.4) is 0 Å². The van der Waals surface area contributed by atoms with E-state index in [1.807, 2.05) is 73.7 Å². The number of hydrogen-bond acceptors (Lipinski definition) is 3. The van der Waals surface area contributed by atoms with Gasteiger partial charge in [0.05, 0.1) is 4.90 Å². The van der Waals surface area contributed by atoms with Gasteiger partial charge in [0.1, 0.15) is 6.04 Å². The lowest BCUT2D eigenvalue weighted by atomic mass is 9.95. The first-order valence-corrected chi connectivity index (χ1v) is 12.3. The Kier molecular flexibility index (Phi) is 5.48. The van der Waals surface area contributed by atoms with Crippen LogP contribution in [-0.2, 0) is 27.8 Å². The van der Waals surface area contributed by atoms with Crippen LogP contribution in [0.1, 0.15) is 16.7 Å². The number of carbonyl (C=O) groups is 1. The molecular weight excluding hydrogens is 432 g/mol. The molecule has 6 heteroatoms. The average molecular weight is 457 g/mol. The average Bonchev–Trinajstić information content (AvgIpc) is 2.83. The monoisotopic (exact) mass is 456 g/mol. The number of fused-ring (bicyclic) bond motifs is 2. The summed E-state index contributed by atoms with van der Waals surface area (Å²) in [6.45, 7) is 2.07. The van der Waals surface area contributed by atoms with Gasteiger partial charge < -0.3 is 5.32 Å². The second-order valence-corrected chi connectivity index (χ2v) is 10.3. The third-order valence-electron chi connectivity index (χ3n) is 6.15. The van der Waals surface area contributed by atoms with Gasteiger partial charge in [-0.2, -0.15) is 4.31 Å². The summed E-state index contributed by atoms with van der Waals surface area (Å²) >= 11 is 0. The van der Waals surface area contributed by atoms with Gasteiger partial charge in [-0.3, -0.25) is 4.79 Å². The number of anilines is 1. The smallest absolute Gasteiger partial charge is 0.244 e. The number of nitrogens with one attached hydrogen (secondary N) is 1. The number of nitrogens with zero attached hydrogens (tertiary/aromatic N) is 1. The van der Waals surface area contributed by atoms with Crippen LogP contribution in [0.4, 0.5) is 5.69 Å². The largest absolute Gasteiger partial charge is 0.325 e. The molecule has 1 aliphatic rings. The van der Waals surface area contributed by atoms with Crippen molar-refractivity contribution in [2.45, 2.75) is 30.8 Å². The van der Waals surface area contributed by atoms with Crippen molar-refractivity contribution in [1.82, 2.24) is 4.31 Å². The van der Waals surface area contributed by atoms with Gasteiger partial charge in [0.25, 0.3) is 0 Å². The number of hydrogen-bond donors (Lipinski definition) is 1. The SMILES string of the molecule is Cc1ccc(S(=O)(=O)N2Cc3ccccc3C[C@@H]2C(=O)Nc2ccc3ccccc3c2)cc1. The second kappa shape index (κ2) is 8.46. The Morgan fingerprint density at radius 1 is 0.848 bits per heavy atom. The zero-order valence-electron chi connectivity index (χ0n) is 18.2. The van der Waals surface area contributed by atoms with Crippen molar-refractivity contribution >= 4 is 32.4 Å². The Balaban J connectivity index is 1.50. The summed E-state index contributed by atoms with van der Waals surface area (Å²) < 4.78 is 28.5. The fourth-order valence-corrected chi connectivity index (χ4v) is 5.88. The van der Waals surface area contributed by atoms with Gasteiger partial charge in [0.2, 0.25) is 15.9 Å². The summed E-state index contributed by atoms with van der Waals surface area (Å²) in [4.78, 5) is 13.6. The van der Waals surface area contributed by atoms with E-state index in [0.29, 0.717) is 12.1 Å². The van der Waals surface area contributed by atoms with Gasteiger partial charge in [-0.05, 0) is 59.5 Å². The summed E-state index contributed by atoms with van der Waals surface area (Å²) in [5.41, 5.74) is 3.53. The zero-order chi connectivity index (χ0) is 23.0. The van der Waals surface area contributed by atoms with Crippen molar-refractivity contribution in [2.75, 3.05) is 5.32 Å². The summed E-state index contributed by atoms with van der Waals surface area (Å²) in [5.74, 6) is -0.338. The minimum absolute atomic E-state index is 0.155. The molecule has 1 heterocycles. The Labute approximate surface area is 193 Å². The molecule has 0 aliphatic carbocycles. The molecule has 33 heavy (non-hydrogen) atoms. The number of rotatable bonds is 4. The van der Waals surface area contributed by atoms with Crippen LogP contribution in [0, 0.1) is 6.92 Å². The molecule has 1 amide bonds. The molecule has 1 N–H and O–H groups in total. The lowest BCUT2D eigenvalue weighted by Crippen LogP contribution is -2.50. The van der Waals surface area contributed by atoms with Crippen molar-refractivity contribution in [2.24, 2.45) is 0 Å². The minimum atomic E-state index is -3.87. The fraction of sp³-hybridized carbons (Fsp3) is 0.148. The van der Waals surface area contributed by atoms with Crippen molar-refractivity contribution in [1.29, 1.82) is 0 Å².